The SMILES string of the molecule is COc1ccc(S(=O)(=O)N[C@H](C(=O)NCCNC(=O)Cc2ccccc2)C(C)C)cc1. The van der Waals surface area contributed by atoms with Gasteiger partial charge in [-0.25, -0.2) is 8.42 Å². The number of benzene rings is 2. The fourth-order valence-electron chi connectivity index (χ4n) is 2.82. The number of ether oxygens (including phenoxy) is 1. The third kappa shape index (κ3) is 7.69. The molecule has 0 saturated heterocycles. The van der Waals surface area contributed by atoms with Crippen molar-refractivity contribution >= 4 is 21.8 Å². The Morgan fingerprint density at radius 1 is 0.935 bits per heavy atom. The summed E-state index contributed by atoms with van der Waals surface area (Å²) < 4.78 is 32.8. The Balaban J connectivity index is 1.86. The van der Waals surface area contributed by atoms with Crippen LogP contribution in [0.15, 0.2) is 59.5 Å². The molecule has 2 aromatic rings. The Hall–Kier alpha value is -2.91. The van der Waals surface area contributed by atoms with E-state index in [1.54, 1.807) is 13.8 Å². The van der Waals surface area contributed by atoms with Gasteiger partial charge in [0.15, 0.2) is 0 Å². The Morgan fingerprint density at radius 3 is 2.13 bits per heavy atom. The first-order valence-corrected chi connectivity index (χ1v) is 11.5. The van der Waals surface area contributed by atoms with Gasteiger partial charge in [0.2, 0.25) is 21.8 Å². The van der Waals surface area contributed by atoms with E-state index in [1.807, 2.05) is 30.3 Å². The number of methoxy groups -OCH3 is 1. The first kappa shape index (κ1) is 24.4. The summed E-state index contributed by atoms with van der Waals surface area (Å²) >= 11 is 0. The summed E-state index contributed by atoms with van der Waals surface area (Å²) in [6.07, 6.45) is 0.255. The minimum absolute atomic E-state index is 0.0416. The fraction of sp³-hybridized carbons (Fsp3) is 0.364. The van der Waals surface area contributed by atoms with Crippen molar-refractivity contribution in [3.05, 3.63) is 60.2 Å². The molecular weight excluding hydrogens is 418 g/mol. The van der Waals surface area contributed by atoms with E-state index in [-0.39, 0.29) is 36.2 Å². The van der Waals surface area contributed by atoms with E-state index in [0.29, 0.717) is 5.75 Å². The molecule has 3 N–H and O–H groups in total. The zero-order valence-electron chi connectivity index (χ0n) is 17.9. The molecule has 1 atom stereocenters. The quantitative estimate of drug-likeness (QED) is 0.452. The van der Waals surface area contributed by atoms with Gasteiger partial charge >= 0.3 is 0 Å². The maximum atomic E-state index is 12.7. The largest absolute Gasteiger partial charge is 0.497 e. The molecule has 9 heteroatoms. The summed E-state index contributed by atoms with van der Waals surface area (Å²) in [5.74, 6) is -0.349. The molecule has 168 valence electrons. The number of hydrogen-bond acceptors (Lipinski definition) is 5. The van der Waals surface area contributed by atoms with E-state index in [0.717, 1.165) is 5.56 Å². The van der Waals surface area contributed by atoms with Gasteiger partial charge in [0, 0.05) is 13.1 Å². The maximum Gasteiger partial charge on any atom is 0.241 e. The van der Waals surface area contributed by atoms with Crippen LogP contribution in [0.1, 0.15) is 19.4 Å². The number of amides is 2. The number of carbonyl (C=O) groups excluding carboxylic acids is 2. The predicted molar refractivity (Wildman–Crippen MR) is 118 cm³/mol. The van der Waals surface area contributed by atoms with Crippen LogP contribution in [0.25, 0.3) is 0 Å². The van der Waals surface area contributed by atoms with Crippen LogP contribution in [0.5, 0.6) is 5.75 Å². The molecule has 0 fully saturated rings. The number of carbonyl (C=O) groups is 2. The molecule has 2 amide bonds. The Labute approximate surface area is 183 Å². The van der Waals surface area contributed by atoms with Crippen molar-refractivity contribution in [3.8, 4) is 5.75 Å². The molecule has 0 bridgehead atoms. The molecule has 0 aliphatic heterocycles. The topological polar surface area (TPSA) is 114 Å². The highest BCUT2D eigenvalue weighted by Gasteiger charge is 2.28. The normalized spacial score (nSPS) is 12.3. The van der Waals surface area contributed by atoms with Crippen LogP contribution < -0.4 is 20.1 Å². The second kappa shape index (κ2) is 11.5. The number of sulfonamides is 1. The van der Waals surface area contributed by atoms with Gasteiger partial charge in [0.25, 0.3) is 0 Å². The van der Waals surface area contributed by atoms with E-state index in [2.05, 4.69) is 15.4 Å². The molecule has 0 radical (unpaired) electrons. The third-order valence-electron chi connectivity index (χ3n) is 4.55. The van der Waals surface area contributed by atoms with Crippen molar-refractivity contribution in [2.45, 2.75) is 31.2 Å². The second-order valence-electron chi connectivity index (χ2n) is 7.32. The van der Waals surface area contributed by atoms with Gasteiger partial charge in [-0.1, -0.05) is 44.2 Å². The zero-order chi connectivity index (χ0) is 22.9. The second-order valence-corrected chi connectivity index (χ2v) is 9.04. The first-order valence-electron chi connectivity index (χ1n) is 9.97. The molecule has 31 heavy (non-hydrogen) atoms. The number of nitrogens with one attached hydrogen (secondary N) is 3. The van der Waals surface area contributed by atoms with Crippen molar-refractivity contribution in [3.63, 3.8) is 0 Å². The average Bonchev–Trinajstić information content (AvgIpc) is 2.75. The molecule has 0 aliphatic carbocycles. The van der Waals surface area contributed by atoms with E-state index < -0.39 is 22.0 Å². The Morgan fingerprint density at radius 2 is 1.55 bits per heavy atom. The lowest BCUT2D eigenvalue weighted by molar-refractivity contribution is -0.124. The molecular formula is C22H29N3O5S. The average molecular weight is 448 g/mol. The lowest BCUT2D eigenvalue weighted by Gasteiger charge is -2.21. The van der Waals surface area contributed by atoms with Gasteiger partial charge in [-0.3, -0.25) is 9.59 Å². The van der Waals surface area contributed by atoms with Crippen molar-refractivity contribution < 1.29 is 22.7 Å². The summed E-state index contributed by atoms with van der Waals surface area (Å²) in [5.41, 5.74) is 0.900. The predicted octanol–water partition coefficient (Wildman–Crippen LogP) is 1.47. The Kier molecular flexibility index (Phi) is 9.02. The molecule has 0 spiro atoms. The van der Waals surface area contributed by atoms with Crippen LogP contribution >= 0.6 is 0 Å². The summed E-state index contributed by atoms with van der Waals surface area (Å²) in [5, 5.41) is 5.41. The van der Waals surface area contributed by atoms with Crippen LogP contribution in [0.4, 0.5) is 0 Å². The molecule has 8 nitrogen and oxygen atoms in total. The van der Waals surface area contributed by atoms with Crippen molar-refractivity contribution in [2.75, 3.05) is 20.2 Å². The summed E-state index contributed by atoms with van der Waals surface area (Å²) in [7, 11) is -2.40. The van der Waals surface area contributed by atoms with Gasteiger partial charge in [-0.15, -0.1) is 0 Å². The molecule has 0 aromatic heterocycles. The van der Waals surface area contributed by atoms with Gasteiger partial charge in [-0.2, -0.15) is 4.72 Å². The monoisotopic (exact) mass is 447 g/mol. The molecule has 2 aromatic carbocycles. The lowest BCUT2D eigenvalue weighted by Crippen LogP contribution is -2.50. The zero-order valence-corrected chi connectivity index (χ0v) is 18.7. The summed E-state index contributed by atoms with van der Waals surface area (Å²) in [6, 6.07) is 14.3. The lowest BCUT2D eigenvalue weighted by atomic mass is 10.1. The molecule has 0 saturated carbocycles. The van der Waals surface area contributed by atoms with Gasteiger partial charge in [0.05, 0.1) is 18.4 Å². The minimum atomic E-state index is -3.89. The third-order valence-corrected chi connectivity index (χ3v) is 6.01. The van der Waals surface area contributed by atoms with E-state index >= 15 is 0 Å². The highest BCUT2D eigenvalue weighted by atomic mass is 32.2. The van der Waals surface area contributed by atoms with Crippen LogP contribution in [0.2, 0.25) is 0 Å². The van der Waals surface area contributed by atoms with Crippen molar-refractivity contribution in [2.24, 2.45) is 5.92 Å². The number of hydrogen-bond donors (Lipinski definition) is 3. The molecule has 2 rings (SSSR count). The van der Waals surface area contributed by atoms with Gasteiger partial charge in [-0.05, 0) is 35.7 Å². The maximum absolute atomic E-state index is 12.7. The van der Waals surface area contributed by atoms with Crippen LogP contribution in [0, 0.1) is 5.92 Å². The summed E-state index contributed by atoms with van der Waals surface area (Å²) in [4.78, 5) is 24.6. The highest BCUT2D eigenvalue weighted by Crippen LogP contribution is 2.16. The first-order chi connectivity index (χ1) is 14.7. The van der Waals surface area contributed by atoms with Gasteiger partial charge < -0.3 is 15.4 Å². The molecule has 0 unspecified atom stereocenters. The molecule has 0 heterocycles. The van der Waals surface area contributed by atoms with E-state index in [9.17, 15) is 18.0 Å². The Bertz CT molecular complexity index is 960. The molecule has 0 aliphatic rings. The number of rotatable bonds is 11. The summed E-state index contributed by atoms with van der Waals surface area (Å²) in [6.45, 7) is 3.94. The van der Waals surface area contributed by atoms with Crippen LogP contribution in [-0.4, -0.2) is 46.5 Å². The minimum Gasteiger partial charge on any atom is -0.497 e. The van der Waals surface area contributed by atoms with Crippen LogP contribution in [0.3, 0.4) is 0 Å². The smallest absolute Gasteiger partial charge is 0.241 e. The fourth-order valence-corrected chi connectivity index (χ4v) is 4.17. The van der Waals surface area contributed by atoms with Gasteiger partial charge in [0.1, 0.15) is 11.8 Å². The van der Waals surface area contributed by atoms with Crippen molar-refractivity contribution in [1.29, 1.82) is 0 Å². The standard InChI is InChI=1S/C22H29N3O5S/c1-16(2)21(25-31(28,29)19-11-9-18(30-3)10-12-19)22(27)24-14-13-23-20(26)15-17-7-5-4-6-8-17/h4-12,16,21,25H,13-15H2,1-3H3,(H,23,26)(H,24,27)/t21-/m0/s1. The van der Waals surface area contributed by atoms with Crippen LogP contribution in [-0.2, 0) is 26.0 Å². The van der Waals surface area contributed by atoms with E-state index in [1.165, 1.54) is 31.4 Å². The van der Waals surface area contributed by atoms with E-state index in [4.69, 9.17) is 4.74 Å². The van der Waals surface area contributed by atoms with Crippen molar-refractivity contribution in [1.82, 2.24) is 15.4 Å². The highest BCUT2D eigenvalue weighted by molar-refractivity contribution is 7.89.